The van der Waals surface area contributed by atoms with E-state index in [1.54, 1.807) is 11.6 Å². The van der Waals surface area contributed by atoms with Crippen LogP contribution in [0.4, 0.5) is 5.95 Å². The summed E-state index contributed by atoms with van der Waals surface area (Å²) in [6, 6.07) is 7.63. The number of ether oxygens (including phenoxy) is 1. The Balaban J connectivity index is 1.72. The van der Waals surface area contributed by atoms with E-state index in [1.807, 2.05) is 31.2 Å². The first-order chi connectivity index (χ1) is 15.3. The number of rotatable bonds is 6. The molecule has 1 fully saturated rings. The van der Waals surface area contributed by atoms with E-state index < -0.39 is 17.4 Å². The van der Waals surface area contributed by atoms with Gasteiger partial charge in [0.15, 0.2) is 11.2 Å². The lowest BCUT2D eigenvalue weighted by Gasteiger charge is -2.32. The van der Waals surface area contributed by atoms with Crippen LogP contribution in [0.2, 0.25) is 0 Å². The Morgan fingerprint density at radius 1 is 1.22 bits per heavy atom. The van der Waals surface area contributed by atoms with Crippen molar-refractivity contribution >= 4 is 17.1 Å². The van der Waals surface area contributed by atoms with Crippen molar-refractivity contribution in [1.29, 1.82) is 0 Å². The number of benzene rings is 1. The van der Waals surface area contributed by atoms with Gasteiger partial charge in [0, 0.05) is 27.2 Å². The standard InChI is InChI=1S/C23H31N5O4/c1-15-8-7-11-27(12-15)22-24-20-19(21(30)26(4)23(31)25(20)3)28(22)13-17(29)14-32-18-10-6-5-9-16(18)2/h5-6,9-10,15,17,29H,7-8,11-14H2,1-4H3/t15-,17+/m1/s1. The Morgan fingerprint density at radius 2 is 1.97 bits per heavy atom. The Kier molecular flexibility index (Phi) is 6.10. The highest BCUT2D eigenvalue weighted by atomic mass is 16.5. The fraction of sp³-hybridized carbons (Fsp3) is 0.522. The second-order valence-corrected chi connectivity index (χ2v) is 8.82. The van der Waals surface area contributed by atoms with Crippen molar-refractivity contribution in [1.82, 2.24) is 18.7 Å². The molecule has 3 heterocycles. The van der Waals surface area contributed by atoms with Crippen molar-refractivity contribution in [2.75, 3.05) is 24.6 Å². The quantitative estimate of drug-likeness (QED) is 0.622. The lowest BCUT2D eigenvalue weighted by Crippen LogP contribution is -2.39. The van der Waals surface area contributed by atoms with Crippen LogP contribution in [0, 0.1) is 12.8 Å². The lowest BCUT2D eigenvalue weighted by molar-refractivity contribution is 0.0932. The molecule has 0 saturated carbocycles. The molecule has 0 radical (unpaired) electrons. The Hall–Kier alpha value is -3.07. The van der Waals surface area contributed by atoms with Crippen molar-refractivity contribution in [3.05, 3.63) is 50.7 Å². The SMILES string of the molecule is Cc1ccccc1OC[C@@H](O)Cn1c(N2CCC[C@@H](C)C2)nc2c1c(=O)n(C)c(=O)n2C. The zero-order valence-electron chi connectivity index (χ0n) is 19.1. The first-order valence-electron chi connectivity index (χ1n) is 11.1. The predicted molar refractivity (Wildman–Crippen MR) is 124 cm³/mol. The first kappa shape index (κ1) is 22.1. The number of anilines is 1. The van der Waals surface area contributed by atoms with E-state index in [0.29, 0.717) is 28.8 Å². The maximum absolute atomic E-state index is 13.0. The van der Waals surface area contributed by atoms with E-state index in [4.69, 9.17) is 9.72 Å². The van der Waals surface area contributed by atoms with Gasteiger partial charge in [-0.3, -0.25) is 13.9 Å². The number of fused-ring (bicyclic) bond motifs is 1. The fourth-order valence-electron chi connectivity index (χ4n) is 4.39. The van der Waals surface area contributed by atoms with Gasteiger partial charge in [0.25, 0.3) is 5.56 Å². The van der Waals surface area contributed by atoms with E-state index in [9.17, 15) is 14.7 Å². The maximum Gasteiger partial charge on any atom is 0.332 e. The number of aromatic nitrogens is 4. The fourth-order valence-corrected chi connectivity index (χ4v) is 4.39. The maximum atomic E-state index is 13.0. The second kappa shape index (κ2) is 8.82. The molecule has 1 aliphatic heterocycles. The summed E-state index contributed by atoms with van der Waals surface area (Å²) in [7, 11) is 3.07. The van der Waals surface area contributed by atoms with Crippen LogP contribution in [-0.4, -0.2) is 49.6 Å². The van der Waals surface area contributed by atoms with Gasteiger partial charge in [0.1, 0.15) is 18.5 Å². The minimum atomic E-state index is -0.866. The molecule has 0 bridgehead atoms. The van der Waals surface area contributed by atoms with E-state index in [0.717, 1.165) is 36.1 Å². The van der Waals surface area contributed by atoms with Gasteiger partial charge in [-0.25, -0.2) is 4.79 Å². The van der Waals surface area contributed by atoms with Crippen LogP contribution >= 0.6 is 0 Å². The van der Waals surface area contributed by atoms with Crippen molar-refractivity contribution in [3.8, 4) is 5.75 Å². The molecular formula is C23H31N5O4. The molecule has 0 unspecified atom stereocenters. The minimum absolute atomic E-state index is 0.0758. The van der Waals surface area contributed by atoms with Crippen LogP contribution in [0.15, 0.2) is 33.9 Å². The summed E-state index contributed by atoms with van der Waals surface area (Å²) in [4.78, 5) is 32.4. The predicted octanol–water partition coefficient (Wildman–Crippen LogP) is 1.42. The first-order valence-corrected chi connectivity index (χ1v) is 11.1. The summed E-state index contributed by atoms with van der Waals surface area (Å²) < 4.78 is 10.0. The lowest BCUT2D eigenvalue weighted by atomic mass is 10.0. The zero-order valence-corrected chi connectivity index (χ0v) is 19.1. The van der Waals surface area contributed by atoms with Gasteiger partial charge in [0.2, 0.25) is 5.95 Å². The third-order valence-corrected chi connectivity index (χ3v) is 6.19. The number of piperidine rings is 1. The van der Waals surface area contributed by atoms with Crippen LogP contribution in [-0.2, 0) is 20.6 Å². The molecule has 1 aliphatic rings. The van der Waals surface area contributed by atoms with Crippen LogP contribution in [0.5, 0.6) is 5.75 Å². The van der Waals surface area contributed by atoms with Crippen LogP contribution in [0.25, 0.3) is 11.2 Å². The smallest absolute Gasteiger partial charge is 0.332 e. The summed E-state index contributed by atoms with van der Waals surface area (Å²) in [5, 5.41) is 10.8. The van der Waals surface area contributed by atoms with E-state index in [-0.39, 0.29) is 13.2 Å². The largest absolute Gasteiger partial charge is 0.491 e. The van der Waals surface area contributed by atoms with E-state index >= 15 is 0 Å². The van der Waals surface area contributed by atoms with Gasteiger partial charge in [0.05, 0.1) is 6.54 Å². The number of aliphatic hydroxyl groups is 1. The Labute approximate surface area is 186 Å². The number of aryl methyl sites for hydroxylation is 2. The molecule has 3 aromatic rings. The van der Waals surface area contributed by atoms with Gasteiger partial charge < -0.3 is 19.3 Å². The molecule has 32 heavy (non-hydrogen) atoms. The molecular weight excluding hydrogens is 410 g/mol. The number of hydrogen-bond acceptors (Lipinski definition) is 6. The van der Waals surface area contributed by atoms with Crippen molar-refractivity contribution < 1.29 is 9.84 Å². The molecule has 9 nitrogen and oxygen atoms in total. The van der Waals surface area contributed by atoms with Gasteiger partial charge in [-0.05, 0) is 37.3 Å². The third-order valence-electron chi connectivity index (χ3n) is 6.19. The summed E-state index contributed by atoms with van der Waals surface area (Å²) in [5.74, 6) is 1.82. The molecule has 1 saturated heterocycles. The average molecular weight is 442 g/mol. The molecule has 0 amide bonds. The van der Waals surface area contributed by atoms with Gasteiger partial charge in [-0.15, -0.1) is 0 Å². The van der Waals surface area contributed by atoms with Crippen molar-refractivity contribution in [2.24, 2.45) is 20.0 Å². The van der Waals surface area contributed by atoms with Gasteiger partial charge >= 0.3 is 5.69 Å². The molecule has 0 aliphatic carbocycles. The highest BCUT2D eigenvalue weighted by Gasteiger charge is 2.26. The monoisotopic (exact) mass is 441 g/mol. The molecule has 4 rings (SSSR count). The van der Waals surface area contributed by atoms with Crippen LogP contribution in [0.1, 0.15) is 25.3 Å². The van der Waals surface area contributed by atoms with Gasteiger partial charge in [-0.1, -0.05) is 25.1 Å². The second-order valence-electron chi connectivity index (χ2n) is 8.82. The summed E-state index contributed by atoms with van der Waals surface area (Å²) in [6.07, 6.45) is 1.30. The topological polar surface area (TPSA) is 94.5 Å². The molecule has 172 valence electrons. The van der Waals surface area contributed by atoms with Gasteiger partial charge in [-0.2, -0.15) is 4.98 Å². The number of para-hydroxylation sites is 1. The van der Waals surface area contributed by atoms with E-state index in [2.05, 4.69) is 11.8 Å². The Bertz CT molecular complexity index is 1240. The molecule has 9 heteroatoms. The molecule has 0 spiro atoms. The molecule has 1 aromatic carbocycles. The van der Waals surface area contributed by atoms with Crippen LogP contribution < -0.4 is 20.9 Å². The number of imidazole rings is 1. The number of nitrogens with zero attached hydrogens (tertiary/aromatic N) is 5. The number of hydrogen-bond donors (Lipinski definition) is 1. The zero-order chi connectivity index (χ0) is 23.0. The molecule has 2 atom stereocenters. The highest BCUT2D eigenvalue weighted by Crippen LogP contribution is 2.26. The normalized spacial score (nSPS) is 17.7. The minimum Gasteiger partial charge on any atom is -0.491 e. The average Bonchev–Trinajstić information content (AvgIpc) is 3.15. The van der Waals surface area contributed by atoms with Crippen molar-refractivity contribution in [2.45, 2.75) is 39.3 Å². The number of aliphatic hydroxyl groups excluding tert-OH is 1. The van der Waals surface area contributed by atoms with E-state index in [1.165, 1.54) is 11.6 Å². The molecule has 1 N–H and O–H groups in total. The van der Waals surface area contributed by atoms with Crippen molar-refractivity contribution in [3.63, 3.8) is 0 Å². The third kappa shape index (κ3) is 4.04. The molecule has 2 aromatic heterocycles. The Morgan fingerprint density at radius 3 is 2.69 bits per heavy atom. The summed E-state index contributed by atoms with van der Waals surface area (Å²) >= 11 is 0. The summed E-state index contributed by atoms with van der Waals surface area (Å²) in [5.41, 5.74) is 0.795. The summed E-state index contributed by atoms with van der Waals surface area (Å²) in [6.45, 7) is 5.98. The van der Waals surface area contributed by atoms with Crippen LogP contribution in [0.3, 0.4) is 0 Å². The highest BCUT2D eigenvalue weighted by molar-refractivity contribution is 5.74.